The summed E-state index contributed by atoms with van der Waals surface area (Å²) in [6.07, 6.45) is 0. The Morgan fingerprint density at radius 3 is 2.68 bits per heavy atom. The average Bonchev–Trinajstić information content (AvgIpc) is 2.48. The minimum absolute atomic E-state index is 0.0623. The lowest BCUT2D eigenvalue weighted by molar-refractivity contribution is -0.119. The zero-order valence-corrected chi connectivity index (χ0v) is 13.3. The molecule has 6 heteroatoms. The topological polar surface area (TPSA) is 55.4 Å². The third-order valence-electron chi connectivity index (χ3n) is 2.84. The van der Waals surface area contributed by atoms with Crippen molar-refractivity contribution in [2.75, 3.05) is 11.9 Å². The van der Waals surface area contributed by atoms with Crippen molar-refractivity contribution in [3.05, 3.63) is 63.9 Å². The largest absolute Gasteiger partial charge is 0.452 e. The van der Waals surface area contributed by atoms with Crippen LogP contribution in [-0.2, 0) is 9.53 Å². The van der Waals surface area contributed by atoms with Crippen LogP contribution in [0, 0.1) is 12.7 Å². The summed E-state index contributed by atoms with van der Waals surface area (Å²) < 4.78 is 18.8. The van der Waals surface area contributed by atoms with Crippen LogP contribution in [0.1, 0.15) is 15.9 Å². The molecular weight excluding hydrogens is 353 g/mol. The molecule has 0 spiro atoms. The maximum Gasteiger partial charge on any atom is 0.338 e. The molecule has 1 amide bonds. The van der Waals surface area contributed by atoms with E-state index in [0.717, 1.165) is 16.1 Å². The van der Waals surface area contributed by atoms with Gasteiger partial charge < -0.3 is 10.1 Å². The smallest absolute Gasteiger partial charge is 0.338 e. The van der Waals surface area contributed by atoms with Crippen molar-refractivity contribution in [1.29, 1.82) is 0 Å². The van der Waals surface area contributed by atoms with E-state index < -0.39 is 24.3 Å². The molecule has 0 bridgehead atoms. The first kappa shape index (κ1) is 16.2. The standard InChI is InChI=1S/C16H13BrFNO3/c1-10-7-13(5-6-14(10)17)19-15(20)9-22-16(21)11-3-2-4-12(18)8-11/h2-8H,9H2,1H3,(H,19,20). The van der Waals surface area contributed by atoms with Gasteiger partial charge in [-0.05, 0) is 48.9 Å². The second-order valence-corrected chi connectivity index (χ2v) is 5.45. The van der Waals surface area contributed by atoms with Gasteiger partial charge in [0.1, 0.15) is 5.82 Å². The highest BCUT2D eigenvalue weighted by Crippen LogP contribution is 2.19. The molecule has 2 aromatic rings. The number of nitrogens with one attached hydrogen (secondary N) is 1. The number of hydrogen-bond acceptors (Lipinski definition) is 3. The van der Waals surface area contributed by atoms with E-state index in [1.807, 2.05) is 13.0 Å². The van der Waals surface area contributed by atoms with Gasteiger partial charge in [0.15, 0.2) is 6.61 Å². The van der Waals surface area contributed by atoms with Crippen LogP contribution in [-0.4, -0.2) is 18.5 Å². The Labute approximate surface area is 135 Å². The molecule has 0 atom stereocenters. The number of anilines is 1. The van der Waals surface area contributed by atoms with Crippen molar-refractivity contribution in [1.82, 2.24) is 0 Å². The quantitative estimate of drug-likeness (QED) is 0.840. The van der Waals surface area contributed by atoms with Crippen LogP contribution in [0.15, 0.2) is 46.9 Å². The van der Waals surface area contributed by atoms with Crippen molar-refractivity contribution in [2.24, 2.45) is 0 Å². The number of halogens is 2. The summed E-state index contributed by atoms with van der Waals surface area (Å²) in [7, 11) is 0. The fourth-order valence-electron chi connectivity index (χ4n) is 1.75. The Balaban J connectivity index is 1.90. The van der Waals surface area contributed by atoms with E-state index in [0.29, 0.717) is 5.69 Å². The zero-order chi connectivity index (χ0) is 16.1. The first-order valence-corrected chi connectivity index (χ1v) is 7.23. The molecule has 4 nitrogen and oxygen atoms in total. The Bertz CT molecular complexity index is 718. The van der Waals surface area contributed by atoms with E-state index in [1.54, 1.807) is 12.1 Å². The van der Waals surface area contributed by atoms with Crippen molar-refractivity contribution in [3.63, 3.8) is 0 Å². The van der Waals surface area contributed by atoms with Crippen LogP contribution < -0.4 is 5.32 Å². The maximum absolute atomic E-state index is 13.0. The third kappa shape index (κ3) is 4.39. The van der Waals surface area contributed by atoms with Gasteiger partial charge in [0.05, 0.1) is 5.56 Å². The molecule has 0 aromatic heterocycles. The second kappa shape index (κ2) is 7.17. The van der Waals surface area contributed by atoms with Crippen LogP contribution in [0.4, 0.5) is 10.1 Å². The van der Waals surface area contributed by atoms with Gasteiger partial charge in [-0.15, -0.1) is 0 Å². The fraction of sp³-hybridized carbons (Fsp3) is 0.125. The fourth-order valence-corrected chi connectivity index (χ4v) is 2.00. The van der Waals surface area contributed by atoms with E-state index in [2.05, 4.69) is 21.2 Å². The van der Waals surface area contributed by atoms with E-state index in [9.17, 15) is 14.0 Å². The van der Waals surface area contributed by atoms with Crippen LogP contribution in [0.25, 0.3) is 0 Å². The van der Waals surface area contributed by atoms with Gasteiger partial charge in [-0.25, -0.2) is 9.18 Å². The number of aryl methyl sites for hydroxylation is 1. The molecule has 0 saturated carbocycles. The van der Waals surface area contributed by atoms with E-state index in [-0.39, 0.29) is 5.56 Å². The monoisotopic (exact) mass is 365 g/mol. The number of amides is 1. The van der Waals surface area contributed by atoms with Crippen molar-refractivity contribution in [2.45, 2.75) is 6.92 Å². The maximum atomic E-state index is 13.0. The van der Waals surface area contributed by atoms with Gasteiger partial charge in [0.2, 0.25) is 0 Å². The molecule has 0 aliphatic rings. The van der Waals surface area contributed by atoms with Crippen LogP contribution in [0.2, 0.25) is 0 Å². The second-order valence-electron chi connectivity index (χ2n) is 4.60. The molecular formula is C16H13BrFNO3. The summed E-state index contributed by atoms with van der Waals surface area (Å²) in [5, 5.41) is 2.62. The molecule has 0 heterocycles. The van der Waals surface area contributed by atoms with Gasteiger partial charge in [0.25, 0.3) is 5.91 Å². The van der Waals surface area contributed by atoms with Gasteiger partial charge in [-0.3, -0.25) is 4.79 Å². The van der Waals surface area contributed by atoms with Crippen LogP contribution in [0.5, 0.6) is 0 Å². The molecule has 1 N–H and O–H groups in total. The molecule has 2 aromatic carbocycles. The number of hydrogen-bond donors (Lipinski definition) is 1. The Hall–Kier alpha value is -2.21. The van der Waals surface area contributed by atoms with Gasteiger partial charge in [-0.2, -0.15) is 0 Å². The minimum Gasteiger partial charge on any atom is -0.452 e. The molecule has 2 rings (SSSR count). The summed E-state index contributed by atoms with van der Waals surface area (Å²) in [6.45, 7) is 1.45. The highest BCUT2D eigenvalue weighted by atomic mass is 79.9. The zero-order valence-electron chi connectivity index (χ0n) is 11.7. The Kier molecular flexibility index (Phi) is 5.27. The van der Waals surface area contributed by atoms with E-state index in [4.69, 9.17) is 4.74 Å². The molecule has 0 aliphatic heterocycles. The summed E-state index contributed by atoms with van der Waals surface area (Å²) in [5.74, 6) is -1.75. The summed E-state index contributed by atoms with van der Waals surface area (Å²) >= 11 is 3.36. The van der Waals surface area contributed by atoms with Crippen molar-refractivity contribution in [3.8, 4) is 0 Å². The van der Waals surface area contributed by atoms with Crippen LogP contribution >= 0.6 is 15.9 Å². The molecule has 0 radical (unpaired) electrons. The van der Waals surface area contributed by atoms with Crippen LogP contribution in [0.3, 0.4) is 0 Å². The molecule has 0 saturated heterocycles. The highest BCUT2D eigenvalue weighted by Gasteiger charge is 2.11. The summed E-state index contributed by atoms with van der Waals surface area (Å²) in [4.78, 5) is 23.4. The van der Waals surface area contributed by atoms with E-state index >= 15 is 0 Å². The molecule has 114 valence electrons. The lowest BCUT2D eigenvalue weighted by atomic mass is 10.2. The SMILES string of the molecule is Cc1cc(NC(=O)COC(=O)c2cccc(F)c2)ccc1Br. The number of benzene rings is 2. The molecule has 0 aliphatic carbocycles. The molecule has 0 fully saturated rings. The predicted octanol–water partition coefficient (Wildman–Crippen LogP) is 3.69. The summed E-state index contributed by atoms with van der Waals surface area (Å²) in [5.41, 5.74) is 1.63. The lowest BCUT2D eigenvalue weighted by Crippen LogP contribution is -2.21. The number of esters is 1. The van der Waals surface area contributed by atoms with Crippen molar-refractivity contribution < 1.29 is 18.7 Å². The lowest BCUT2D eigenvalue weighted by Gasteiger charge is -2.08. The van der Waals surface area contributed by atoms with E-state index in [1.165, 1.54) is 18.2 Å². The first-order valence-electron chi connectivity index (χ1n) is 6.44. The Morgan fingerprint density at radius 2 is 2.00 bits per heavy atom. The molecule has 22 heavy (non-hydrogen) atoms. The normalized spacial score (nSPS) is 10.1. The number of carbonyl (C=O) groups excluding carboxylic acids is 2. The van der Waals surface area contributed by atoms with Gasteiger partial charge in [0, 0.05) is 10.2 Å². The number of carbonyl (C=O) groups is 2. The van der Waals surface area contributed by atoms with Gasteiger partial charge in [-0.1, -0.05) is 22.0 Å². The van der Waals surface area contributed by atoms with Crippen molar-refractivity contribution >= 4 is 33.5 Å². The number of rotatable bonds is 4. The first-order chi connectivity index (χ1) is 10.5. The average molecular weight is 366 g/mol. The predicted molar refractivity (Wildman–Crippen MR) is 84.2 cm³/mol. The molecule has 0 unspecified atom stereocenters. The third-order valence-corrected chi connectivity index (χ3v) is 3.73. The summed E-state index contributed by atoms with van der Waals surface area (Å²) in [6, 6.07) is 10.4. The highest BCUT2D eigenvalue weighted by molar-refractivity contribution is 9.10. The Morgan fingerprint density at radius 1 is 1.23 bits per heavy atom. The van der Waals surface area contributed by atoms with Gasteiger partial charge >= 0.3 is 5.97 Å². The number of ether oxygens (including phenoxy) is 1. The minimum atomic E-state index is -0.748.